The maximum Gasteiger partial charge on any atom is 0.276 e. The van der Waals surface area contributed by atoms with Crippen molar-refractivity contribution < 1.29 is 4.79 Å². The smallest absolute Gasteiger partial charge is 0.276 e. The standard InChI is InChI=1S/C16H19N5O/c1-11-9-20(2)13-6-4-3-5-12(13)10-21(11)16(22)14-15(17)19-8-7-18-14/h3-8,11H,9-10H2,1-2H3,(H2,17,19)/t11-/m1/s1. The predicted octanol–water partition coefficient (Wildman–Crippen LogP) is 1.54. The Morgan fingerprint density at radius 1 is 1.27 bits per heavy atom. The highest BCUT2D eigenvalue weighted by Crippen LogP contribution is 2.27. The molecule has 6 heteroatoms. The van der Waals surface area contributed by atoms with Crippen LogP contribution in [-0.4, -0.2) is 40.4 Å². The number of rotatable bonds is 1. The average Bonchev–Trinajstić information content (AvgIpc) is 2.64. The topological polar surface area (TPSA) is 75.3 Å². The van der Waals surface area contributed by atoms with Gasteiger partial charge in [0, 0.05) is 44.3 Å². The lowest BCUT2D eigenvalue weighted by Crippen LogP contribution is -2.42. The predicted molar refractivity (Wildman–Crippen MR) is 85.5 cm³/mol. The Bertz CT molecular complexity index is 702. The number of fused-ring (bicyclic) bond motifs is 1. The molecular formula is C16H19N5O. The van der Waals surface area contributed by atoms with Crippen molar-refractivity contribution in [2.75, 3.05) is 24.2 Å². The lowest BCUT2D eigenvalue weighted by atomic mass is 10.1. The van der Waals surface area contributed by atoms with Gasteiger partial charge < -0.3 is 15.5 Å². The van der Waals surface area contributed by atoms with Gasteiger partial charge >= 0.3 is 0 Å². The van der Waals surface area contributed by atoms with E-state index in [1.54, 1.807) is 0 Å². The lowest BCUT2D eigenvalue weighted by molar-refractivity contribution is 0.0682. The highest BCUT2D eigenvalue weighted by atomic mass is 16.2. The SMILES string of the molecule is C[C@@H]1CN(C)c2ccccc2CN1C(=O)c1nccnc1N. The maximum absolute atomic E-state index is 12.8. The molecule has 2 N–H and O–H groups in total. The van der Waals surface area contributed by atoms with Crippen LogP contribution in [0.1, 0.15) is 23.0 Å². The Morgan fingerprint density at radius 3 is 2.77 bits per heavy atom. The van der Waals surface area contributed by atoms with Crippen LogP contribution in [-0.2, 0) is 6.54 Å². The zero-order valence-corrected chi connectivity index (χ0v) is 12.7. The van der Waals surface area contributed by atoms with Gasteiger partial charge in [-0.15, -0.1) is 0 Å². The molecule has 1 aromatic carbocycles. The Morgan fingerprint density at radius 2 is 2.00 bits per heavy atom. The van der Waals surface area contributed by atoms with Crippen LogP contribution in [0.3, 0.4) is 0 Å². The van der Waals surface area contributed by atoms with E-state index in [1.807, 2.05) is 37.1 Å². The number of nitrogens with two attached hydrogens (primary N) is 1. The molecule has 0 saturated carbocycles. The second-order valence-corrected chi connectivity index (χ2v) is 5.58. The van der Waals surface area contributed by atoms with Crippen LogP contribution in [0.5, 0.6) is 0 Å². The van der Waals surface area contributed by atoms with E-state index in [9.17, 15) is 4.79 Å². The summed E-state index contributed by atoms with van der Waals surface area (Å²) < 4.78 is 0. The number of aromatic nitrogens is 2. The first-order valence-electron chi connectivity index (χ1n) is 7.24. The van der Waals surface area contributed by atoms with Crippen molar-refractivity contribution in [3.05, 3.63) is 47.9 Å². The summed E-state index contributed by atoms with van der Waals surface area (Å²) in [5.41, 5.74) is 8.29. The van der Waals surface area contributed by atoms with Crippen LogP contribution in [0.4, 0.5) is 11.5 Å². The molecule has 6 nitrogen and oxygen atoms in total. The van der Waals surface area contributed by atoms with Crippen LogP contribution in [0.2, 0.25) is 0 Å². The van der Waals surface area contributed by atoms with Crippen molar-refractivity contribution in [2.24, 2.45) is 0 Å². The first-order chi connectivity index (χ1) is 10.6. The molecule has 0 aliphatic carbocycles. The third kappa shape index (κ3) is 2.47. The molecule has 114 valence electrons. The summed E-state index contributed by atoms with van der Waals surface area (Å²) in [6.07, 6.45) is 2.98. The van der Waals surface area contributed by atoms with Crippen LogP contribution in [0, 0.1) is 0 Å². The van der Waals surface area contributed by atoms with E-state index >= 15 is 0 Å². The van der Waals surface area contributed by atoms with Crippen LogP contribution in [0.25, 0.3) is 0 Å². The first-order valence-corrected chi connectivity index (χ1v) is 7.24. The van der Waals surface area contributed by atoms with Crippen molar-refractivity contribution in [1.29, 1.82) is 0 Å². The van der Waals surface area contributed by atoms with Gasteiger partial charge in [0.2, 0.25) is 0 Å². The quantitative estimate of drug-likeness (QED) is 0.864. The number of carbonyl (C=O) groups is 1. The Balaban J connectivity index is 1.97. The molecule has 22 heavy (non-hydrogen) atoms. The van der Waals surface area contributed by atoms with Gasteiger partial charge in [-0.3, -0.25) is 4.79 Å². The summed E-state index contributed by atoms with van der Waals surface area (Å²) >= 11 is 0. The van der Waals surface area contributed by atoms with E-state index in [4.69, 9.17) is 5.73 Å². The molecule has 2 aromatic rings. The molecule has 3 rings (SSSR count). The number of anilines is 2. The van der Waals surface area contributed by atoms with Crippen molar-refractivity contribution in [1.82, 2.24) is 14.9 Å². The van der Waals surface area contributed by atoms with E-state index < -0.39 is 0 Å². The summed E-state index contributed by atoms with van der Waals surface area (Å²) in [6.45, 7) is 3.33. The fraction of sp³-hybridized carbons (Fsp3) is 0.312. The first kappa shape index (κ1) is 14.3. The fourth-order valence-corrected chi connectivity index (χ4v) is 2.87. The van der Waals surface area contributed by atoms with Gasteiger partial charge in [-0.1, -0.05) is 18.2 Å². The molecule has 1 aliphatic rings. The molecule has 0 bridgehead atoms. The van der Waals surface area contributed by atoms with Crippen LogP contribution in [0.15, 0.2) is 36.7 Å². The number of amides is 1. The Hall–Kier alpha value is -2.63. The van der Waals surface area contributed by atoms with Crippen molar-refractivity contribution in [3.63, 3.8) is 0 Å². The summed E-state index contributed by atoms with van der Waals surface area (Å²) in [5.74, 6) is -0.00575. The van der Waals surface area contributed by atoms with Crippen molar-refractivity contribution in [2.45, 2.75) is 19.5 Å². The van der Waals surface area contributed by atoms with Gasteiger partial charge in [0.25, 0.3) is 5.91 Å². The fourth-order valence-electron chi connectivity index (χ4n) is 2.87. The second kappa shape index (κ2) is 5.63. The average molecular weight is 297 g/mol. The minimum absolute atomic E-state index is 0.0475. The molecule has 0 fully saturated rings. The summed E-state index contributed by atoms with van der Waals surface area (Å²) in [7, 11) is 2.04. The normalized spacial score (nSPS) is 17.8. The van der Waals surface area contributed by atoms with Gasteiger partial charge in [0.15, 0.2) is 11.5 Å². The maximum atomic E-state index is 12.8. The molecule has 0 spiro atoms. The van der Waals surface area contributed by atoms with Gasteiger partial charge in [0.1, 0.15) is 0 Å². The van der Waals surface area contributed by atoms with Gasteiger partial charge in [-0.2, -0.15) is 0 Å². The van der Waals surface area contributed by atoms with E-state index in [2.05, 4.69) is 20.9 Å². The van der Waals surface area contributed by atoms with E-state index in [1.165, 1.54) is 12.4 Å². The van der Waals surface area contributed by atoms with Gasteiger partial charge in [-0.25, -0.2) is 9.97 Å². The summed E-state index contributed by atoms with van der Waals surface area (Å²) in [6, 6.07) is 8.17. The summed E-state index contributed by atoms with van der Waals surface area (Å²) in [5, 5.41) is 0. The Kier molecular flexibility index (Phi) is 3.66. The summed E-state index contributed by atoms with van der Waals surface area (Å²) in [4.78, 5) is 24.9. The number of likely N-dealkylation sites (N-methyl/N-ethyl adjacent to an activating group) is 1. The number of hydrogen-bond acceptors (Lipinski definition) is 5. The highest BCUT2D eigenvalue weighted by molar-refractivity contribution is 5.96. The molecule has 1 atom stereocenters. The molecule has 0 unspecified atom stereocenters. The van der Waals surface area contributed by atoms with Crippen molar-refractivity contribution >= 4 is 17.4 Å². The number of hydrogen-bond donors (Lipinski definition) is 1. The lowest BCUT2D eigenvalue weighted by Gasteiger charge is -2.28. The second-order valence-electron chi connectivity index (χ2n) is 5.58. The number of benzene rings is 1. The zero-order chi connectivity index (χ0) is 15.7. The molecule has 2 heterocycles. The molecule has 1 aliphatic heterocycles. The third-order valence-corrected chi connectivity index (χ3v) is 4.00. The molecule has 0 saturated heterocycles. The van der Waals surface area contributed by atoms with Crippen LogP contribution >= 0.6 is 0 Å². The molecule has 1 aromatic heterocycles. The van der Waals surface area contributed by atoms with Crippen molar-refractivity contribution in [3.8, 4) is 0 Å². The van der Waals surface area contributed by atoms with E-state index in [0.717, 1.165) is 17.8 Å². The van der Waals surface area contributed by atoms with Crippen LogP contribution < -0.4 is 10.6 Å². The van der Waals surface area contributed by atoms with E-state index in [0.29, 0.717) is 6.54 Å². The number of nitrogen functional groups attached to an aromatic ring is 1. The number of para-hydroxylation sites is 1. The number of nitrogens with zero attached hydrogens (tertiary/aromatic N) is 4. The minimum Gasteiger partial charge on any atom is -0.382 e. The molecular weight excluding hydrogens is 278 g/mol. The van der Waals surface area contributed by atoms with Gasteiger partial charge in [-0.05, 0) is 18.6 Å². The zero-order valence-electron chi connectivity index (χ0n) is 12.7. The Labute approximate surface area is 129 Å². The highest BCUT2D eigenvalue weighted by Gasteiger charge is 2.29. The molecule has 0 radical (unpaired) electrons. The number of carbonyl (C=O) groups excluding carboxylic acids is 1. The van der Waals surface area contributed by atoms with E-state index in [-0.39, 0.29) is 23.5 Å². The molecule has 1 amide bonds. The monoisotopic (exact) mass is 297 g/mol. The third-order valence-electron chi connectivity index (χ3n) is 4.00. The van der Waals surface area contributed by atoms with Gasteiger partial charge in [0.05, 0.1) is 0 Å². The largest absolute Gasteiger partial charge is 0.382 e. The minimum atomic E-state index is -0.178.